The van der Waals surface area contributed by atoms with Gasteiger partial charge in [0.25, 0.3) is 0 Å². The molecule has 0 aromatic carbocycles. The van der Waals surface area contributed by atoms with Crippen molar-refractivity contribution in [2.24, 2.45) is 23.7 Å². The molecule has 0 aromatic heterocycles. The van der Waals surface area contributed by atoms with Gasteiger partial charge in [-0.05, 0) is 49.4 Å². The van der Waals surface area contributed by atoms with Gasteiger partial charge in [-0.25, -0.2) is 9.13 Å². The van der Waals surface area contributed by atoms with Crippen LogP contribution in [0, 0.1) is 23.7 Å². The molecule has 0 spiro atoms. The Morgan fingerprint density at radius 3 is 0.689 bits per heavy atom. The summed E-state index contributed by atoms with van der Waals surface area (Å²) < 4.78 is 68.2. The average Bonchev–Trinajstić information content (AvgIpc) is 2.77. The Labute approximate surface area is 549 Å². The lowest BCUT2D eigenvalue weighted by molar-refractivity contribution is -0.161. The second kappa shape index (κ2) is 60.7. The fourth-order valence-electron chi connectivity index (χ4n) is 10.7. The Kier molecular flexibility index (Phi) is 59.4. The molecular formula is C71H138O17P2. The number of hydrogen-bond donors (Lipinski definition) is 3. The van der Waals surface area contributed by atoms with Gasteiger partial charge >= 0.3 is 39.5 Å². The number of aliphatic hydroxyl groups is 1. The molecule has 5 atom stereocenters. The van der Waals surface area contributed by atoms with E-state index in [1.165, 1.54) is 148 Å². The molecule has 17 nitrogen and oxygen atoms in total. The molecule has 0 fully saturated rings. The van der Waals surface area contributed by atoms with Gasteiger partial charge in [-0.2, -0.15) is 0 Å². The Morgan fingerprint density at radius 1 is 0.278 bits per heavy atom. The summed E-state index contributed by atoms with van der Waals surface area (Å²) in [7, 11) is -9.90. The molecule has 0 aliphatic rings. The fourth-order valence-corrected chi connectivity index (χ4v) is 12.2. The molecule has 0 aliphatic carbocycles. The maximum atomic E-state index is 13.0. The Morgan fingerprint density at radius 2 is 0.467 bits per heavy atom. The molecule has 534 valence electrons. The monoisotopic (exact) mass is 1320 g/mol. The lowest BCUT2D eigenvalue weighted by Gasteiger charge is -2.21. The summed E-state index contributed by atoms with van der Waals surface area (Å²) >= 11 is 0. The molecule has 0 radical (unpaired) electrons. The smallest absolute Gasteiger partial charge is 0.462 e. The molecular weight excluding hydrogens is 1190 g/mol. The number of phosphoric acid groups is 2. The van der Waals surface area contributed by atoms with Gasteiger partial charge in [-0.3, -0.25) is 37.3 Å². The van der Waals surface area contributed by atoms with Crippen LogP contribution >= 0.6 is 15.6 Å². The highest BCUT2D eigenvalue weighted by Gasteiger charge is 2.30. The second-order valence-electron chi connectivity index (χ2n) is 27.5. The molecule has 0 aromatic rings. The fraction of sp³-hybridized carbons (Fsp3) is 0.944. The largest absolute Gasteiger partial charge is 0.472 e. The van der Waals surface area contributed by atoms with Crippen molar-refractivity contribution in [1.82, 2.24) is 0 Å². The van der Waals surface area contributed by atoms with Crippen LogP contribution in [0.4, 0.5) is 0 Å². The summed E-state index contributed by atoms with van der Waals surface area (Å²) in [6, 6.07) is 0. The van der Waals surface area contributed by atoms with Gasteiger partial charge in [0, 0.05) is 25.7 Å². The first kappa shape index (κ1) is 88.1. The van der Waals surface area contributed by atoms with Crippen LogP contribution in [0.25, 0.3) is 0 Å². The highest BCUT2D eigenvalue weighted by Crippen LogP contribution is 2.45. The number of carbonyl (C=O) groups is 4. The molecule has 3 unspecified atom stereocenters. The number of phosphoric ester groups is 2. The average molecular weight is 1330 g/mol. The summed E-state index contributed by atoms with van der Waals surface area (Å²) in [5.74, 6) is 0.804. The zero-order valence-corrected chi connectivity index (χ0v) is 60.6. The van der Waals surface area contributed by atoms with Crippen LogP contribution in [0.1, 0.15) is 351 Å². The number of carbonyl (C=O) groups excluding carboxylic acids is 4. The molecule has 0 amide bonds. The van der Waals surface area contributed by atoms with Crippen LogP contribution in [0.5, 0.6) is 0 Å². The number of ether oxygens (including phenoxy) is 4. The van der Waals surface area contributed by atoms with Gasteiger partial charge in [0.2, 0.25) is 0 Å². The Bertz CT molecular complexity index is 1780. The standard InChI is InChI=1S/C71H138O17P2/c1-61(2)47-39-31-23-17-15-13-11-9-10-12-14-16-18-28-37-45-53-70(75)87-66(58-82-69(74)52-44-36-29-21-25-33-41-49-63(5)6)59-85-89(77,78)83-55-65(72)56-84-90(79,80)86-60-67(88-71(76)54-46-38-30-22-26-34-42-50-64(7)8)57-81-68(73)51-43-35-27-20-19-24-32-40-48-62(3)4/h61-67,72H,9-60H2,1-8H3,(H,77,78)(H,79,80)/t65?,66-,67-/m1/s1. The Balaban J connectivity index is 5.19. The van der Waals surface area contributed by atoms with E-state index in [1.54, 1.807) is 0 Å². The molecule has 0 saturated heterocycles. The van der Waals surface area contributed by atoms with Crippen molar-refractivity contribution < 1.29 is 80.2 Å². The topological polar surface area (TPSA) is 237 Å². The highest BCUT2D eigenvalue weighted by molar-refractivity contribution is 7.47. The molecule has 90 heavy (non-hydrogen) atoms. The summed E-state index contributed by atoms with van der Waals surface area (Å²) in [6.07, 6.45) is 43.4. The van der Waals surface area contributed by atoms with Gasteiger partial charge in [-0.15, -0.1) is 0 Å². The Hall–Kier alpha value is -1.94. The third-order valence-corrected chi connectivity index (χ3v) is 18.2. The summed E-state index contributed by atoms with van der Waals surface area (Å²) in [4.78, 5) is 72.5. The third kappa shape index (κ3) is 64.8. The van der Waals surface area contributed by atoms with Gasteiger partial charge in [0.15, 0.2) is 12.2 Å². The third-order valence-electron chi connectivity index (χ3n) is 16.3. The first-order valence-electron chi connectivity index (χ1n) is 36.7. The second-order valence-corrected chi connectivity index (χ2v) is 30.4. The van der Waals surface area contributed by atoms with Crippen molar-refractivity contribution in [3.8, 4) is 0 Å². The van der Waals surface area contributed by atoms with Gasteiger partial charge in [-0.1, -0.05) is 299 Å². The molecule has 0 rings (SSSR count). The van der Waals surface area contributed by atoms with E-state index >= 15 is 0 Å². The maximum absolute atomic E-state index is 13.0. The van der Waals surface area contributed by atoms with E-state index in [4.69, 9.17) is 37.0 Å². The van der Waals surface area contributed by atoms with E-state index in [1.807, 2.05) is 0 Å². The molecule has 0 saturated carbocycles. The van der Waals surface area contributed by atoms with Crippen LogP contribution in [0.2, 0.25) is 0 Å². The predicted molar refractivity (Wildman–Crippen MR) is 363 cm³/mol. The maximum Gasteiger partial charge on any atom is 0.472 e. The highest BCUT2D eigenvalue weighted by atomic mass is 31.2. The minimum atomic E-state index is -4.95. The summed E-state index contributed by atoms with van der Waals surface area (Å²) in [5, 5.41) is 10.6. The number of esters is 4. The van der Waals surface area contributed by atoms with Crippen LogP contribution in [-0.4, -0.2) is 96.7 Å². The van der Waals surface area contributed by atoms with Crippen molar-refractivity contribution in [3.63, 3.8) is 0 Å². The summed E-state index contributed by atoms with van der Waals surface area (Å²) in [5.41, 5.74) is 0. The molecule has 0 aliphatic heterocycles. The van der Waals surface area contributed by atoms with Crippen LogP contribution in [0.3, 0.4) is 0 Å². The summed E-state index contributed by atoms with van der Waals surface area (Å²) in [6.45, 7) is 14.0. The van der Waals surface area contributed by atoms with Crippen LogP contribution < -0.4 is 0 Å². The lowest BCUT2D eigenvalue weighted by atomic mass is 10.0. The van der Waals surface area contributed by atoms with Crippen molar-refractivity contribution >= 4 is 39.5 Å². The normalized spacial score (nSPS) is 14.3. The molecule has 0 heterocycles. The zero-order valence-electron chi connectivity index (χ0n) is 58.8. The van der Waals surface area contributed by atoms with Gasteiger partial charge < -0.3 is 33.8 Å². The van der Waals surface area contributed by atoms with E-state index < -0.39 is 97.5 Å². The van der Waals surface area contributed by atoms with E-state index in [0.29, 0.717) is 37.5 Å². The van der Waals surface area contributed by atoms with E-state index in [-0.39, 0.29) is 25.7 Å². The van der Waals surface area contributed by atoms with Crippen LogP contribution in [0.15, 0.2) is 0 Å². The van der Waals surface area contributed by atoms with Crippen molar-refractivity contribution in [3.05, 3.63) is 0 Å². The van der Waals surface area contributed by atoms with E-state index in [2.05, 4.69) is 55.4 Å². The first-order chi connectivity index (χ1) is 43.1. The number of aliphatic hydroxyl groups excluding tert-OH is 1. The molecule has 3 N–H and O–H groups in total. The minimum Gasteiger partial charge on any atom is -0.462 e. The van der Waals surface area contributed by atoms with E-state index in [9.17, 15) is 43.2 Å². The SMILES string of the molecule is CC(C)CCCCCCCCCCCCCCCCCCC(=O)O[C@H](COC(=O)CCCCCCCCCC(C)C)COP(=O)(O)OCC(O)COP(=O)(O)OC[C@@H](COC(=O)CCCCCCCCCCC(C)C)OC(=O)CCCCCCCCCC(C)C. The zero-order chi connectivity index (χ0) is 66.8. The van der Waals surface area contributed by atoms with E-state index in [0.717, 1.165) is 108 Å². The van der Waals surface area contributed by atoms with Gasteiger partial charge in [0.05, 0.1) is 26.4 Å². The number of unbranched alkanes of at least 4 members (excludes halogenated alkanes) is 34. The van der Waals surface area contributed by atoms with Crippen molar-refractivity contribution in [2.45, 2.75) is 369 Å². The van der Waals surface area contributed by atoms with Crippen molar-refractivity contribution in [2.75, 3.05) is 39.6 Å². The molecule has 0 bridgehead atoms. The van der Waals surface area contributed by atoms with Crippen LogP contribution in [-0.2, 0) is 65.4 Å². The number of hydrogen-bond acceptors (Lipinski definition) is 15. The number of rotatable bonds is 68. The van der Waals surface area contributed by atoms with Crippen molar-refractivity contribution in [1.29, 1.82) is 0 Å². The lowest BCUT2D eigenvalue weighted by Crippen LogP contribution is -2.30. The first-order valence-corrected chi connectivity index (χ1v) is 39.7. The van der Waals surface area contributed by atoms with Gasteiger partial charge in [0.1, 0.15) is 19.3 Å². The minimum absolute atomic E-state index is 0.102. The molecule has 19 heteroatoms. The quantitative estimate of drug-likeness (QED) is 0.0222. The predicted octanol–water partition coefficient (Wildman–Crippen LogP) is 20.1.